The highest BCUT2D eigenvalue weighted by molar-refractivity contribution is 5.81. The molecule has 5 heteroatoms. The van der Waals surface area contributed by atoms with Crippen molar-refractivity contribution in [1.82, 2.24) is 10.3 Å². The number of nitrogens with zero attached hydrogens (tertiary/aromatic N) is 1. The summed E-state index contributed by atoms with van der Waals surface area (Å²) in [6.07, 6.45) is 2.22. The molecule has 5 nitrogen and oxygen atoms in total. The molecular formula is C11H16N4O. The van der Waals surface area contributed by atoms with Gasteiger partial charge in [-0.25, -0.2) is 4.98 Å². The number of hydrogen-bond acceptors (Lipinski definition) is 4. The predicted molar refractivity (Wildman–Crippen MR) is 63.4 cm³/mol. The molecule has 1 aliphatic carbocycles. The van der Waals surface area contributed by atoms with E-state index >= 15 is 0 Å². The van der Waals surface area contributed by atoms with Gasteiger partial charge in [-0.05, 0) is 25.0 Å². The fourth-order valence-corrected chi connectivity index (χ4v) is 1.35. The van der Waals surface area contributed by atoms with Crippen LogP contribution < -0.4 is 16.0 Å². The summed E-state index contributed by atoms with van der Waals surface area (Å²) in [6.45, 7) is 0.274. The van der Waals surface area contributed by atoms with Gasteiger partial charge in [0.05, 0.1) is 6.54 Å². The van der Waals surface area contributed by atoms with Gasteiger partial charge in [0.1, 0.15) is 11.6 Å². The van der Waals surface area contributed by atoms with E-state index in [-0.39, 0.29) is 12.5 Å². The summed E-state index contributed by atoms with van der Waals surface area (Å²) in [5.41, 5.74) is 0. The molecule has 86 valence electrons. The van der Waals surface area contributed by atoms with Crippen LogP contribution in [0.2, 0.25) is 0 Å². The zero-order chi connectivity index (χ0) is 11.4. The Labute approximate surface area is 94.6 Å². The Morgan fingerprint density at radius 2 is 2.19 bits per heavy atom. The highest BCUT2D eigenvalue weighted by atomic mass is 16.2. The summed E-state index contributed by atoms with van der Waals surface area (Å²) < 4.78 is 0. The number of nitrogens with one attached hydrogen (secondary N) is 3. The van der Waals surface area contributed by atoms with Gasteiger partial charge in [0.2, 0.25) is 5.91 Å². The first-order valence-corrected chi connectivity index (χ1v) is 5.46. The Balaban J connectivity index is 1.80. The molecule has 0 aliphatic heterocycles. The molecule has 1 amide bonds. The van der Waals surface area contributed by atoms with Gasteiger partial charge >= 0.3 is 0 Å². The number of rotatable bonds is 5. The quantitative estimate of drug-likeness (QED) is 0.687. The molecule has 16 heavy (non-hydrogen) atoms. The second kappa shape index (κ2) is 4.83. The van der Waals surface area contributed by atoms with Crippen LogP contribution in [-0.4, -0.2) is 30.5 Å². The zero-order valence-electron chi connectivity index (χ0n) is 9.29. The lowest BCUT2D eigenvalue weighted by Gasteiger charge is -2.07. The second-order valence-corrected chi connectivity index (χ2v) is 3.85. The van der Waals surface area contributed by atoms with Crippen molar-refractivity contribution >= 4 is 17.5 Å². The van der Waals surface area contributed by atoms with Crippen molar-refractivity contribution in [2.24, 2.45) is 0 Å². The molecule has 1 saturated carbocycles. The van der Waals surface area contributed by atoms with Crippen molar-refractivity contribution in [2.45, 2.75) is 18.9 Å². The monoisotopic (exact) mass is 220 g/mol. The molecule has 0 aromatic carbocycles. The topological polar surface area (TPSA) is 66.0 Å². The average molecular weight is 220 g/mol. The van der Waals surface area contributed by atoms with Gasteiger partial charge in [0, 0.05) is 13.1 Å². The van der Waals surface area contributed by atoms with E-state index in [0.29, 0.717) is 11.9 Å². The van der Waals surface area contributed by atoms with Gasteiger partial charge in [-0.3, -0.25) is 4.79 Å². The second-order valence-electron chi connectivity index (χ2n) is 3.85. The van der Waals surface area contributed by atoms with Crippen LogP contribution in [0, 0.1) is 0 Å². The Bertz CT molecular complexity index is 376. The lowest BCUT2D eigenvalue weighted by molar-refractivity contribution is -0.119. The van der Waals surface area contributed by atoms with E-state index in [1.807, 2.05) is 25.2 Å². The lowest BCUT2D eigenvalue weighted by Crippen LogP contribution is -2.31. The first-order chi connectivity index (χ1) is 7.78. The maximum atomic E-state index is 11.4. The van der Waals surface area contributed by atoms with Crippen molar-refractivity contribution in [1.29, 1.82) is 0 Å². The highest BCUT2D eigenvalue weighted by Crippen LogP contribution is 2.18. The molecule has 2 rings (SSSR count). The van der Waals surface area contributed by atoms with Crippen LogP contribution in [0.25, 0.3) is 0 Å². The van der Waals surface area contributed by atoms with Crippen molar-refractivity contribution in [3.63, 3.8) is 0 Å². The van der Waals surface area contributed by atoms with E-state index in [9.17, 15) is 4.79 Å². The normalized spacial score (nSPS) is 14.3. The lowest BCUT2D eigenvalue weighted by atomic mass is 10.4. The number of hydrogen-bond donors (Lipinski definition) is 3. The molecule has 0 saturated heterocycles. The number of anilines is 2. The van der Waals surface area contributed by atoms with E-state index in [1.165, 1.54) is 0 Å². The molecule has 0 unspecified atom stereocenters. The summed E-state index contributed by atoms with van der Waals surface area (Å²) in [7, 11) is 1.81. The Morgan fingerprint density at radius 3 is 2.88 bits per heavy atom. The van der Waals surface area contributed by atoms with E-state index in [2.05, 4.69) is 20.9 Å². The minimum absolute atomic E-state index is 0.0270. The largest absolute Gasteiger partial charge is 0.373 e. The van der Waals surface area contributed by atoms with Crippen molar-refractivity contribution in [3.05, 3.63) is 18.2 Å². The summed E-state index contributed by atoms with van der Waals surface area (Å²) in [4.78, 5) is 15.7. The minimum atomic E-state index is 0.0270. The number of amides is 1. The van der Waals surface area contributed by atoms with Crippen LogP contribution in [0.4, 0.5) is 11.6 Å². The maximum absolute atomic E-state index is 11.4. The third-order valence-corrected chi connectivity index (χ3v) is 2.38. The van der Waals surface area contributed by atoms with Gasteiger partial charge in [0.25, 0.3) is 0 Å². The van der Waals surface area contributed by atoms with Crippen LogP contribution in [0.3, 0.4) is 0 Å². The fourth-order valence-electron chi connectivity index (χ4n) is 1.35. The number of pyridine rings is 1. The van der Waals surface area contributed by atoms with Gasteiger partial charge < -0.3 is 16.0 Å². The number of carbonyl (C=O) groups excluding carboxylic acids is 1. The molecule has 0 atom stereocenters. The Morgan fingerprint density at radius 1 is 1.44 bits per heavy atom. The third-order valence-electron chi connectivity index (χ3n) is 2.38. The van der Waals surface area contributed by atoms with Crippen LogP contribution in [0.15, 0.2) is 18.2 Å². The first-order valence-electron chi connectivity index (χ1n) is 5.46. The molecule has 0 bridgehead atoms. The standard InChI is InChI=1S/C11H16N4O/c1-12-9-3-2-4-10(15-9)13-7-11(16)14-8-5-6-8/h2-4,8H,5-7H2,1H3,(H,14,16)(H2,12,13,15). The number of carbonyl (C=O) groups is 1. The smallest absolute Gasteiger partial charge is 0.239 e. The molecule has 0 spiro atoms. The molecule has 1 aromatic heterocycles. The van der Waals surface area contributed by atoms with Gasteiger partial charge in [-0.2, -0.15) is 0 Å². The highest BCUT2D eigenvalue weighted by Gasteiger charge is 2.22. The van der Waals surface area contributed by atoms with Crippen LogP contribution in [0.1, 0.15) is 12.8 Å². The van der Waals surface area contributed by atoms with Crippen molar-refractivity contribution in [3.8, 4) is 0 Å². The fraction of sp³-hybridized carbons (Fsp3) is 0.455. The molecule has 3 N–H and O–H groups in total. The minimum Gasteiger partial charge on any atom is -0.373 e. The van der Waals surface area contributed by atoms with Gasteiger partial charge in [0.15, 0.2) is 0 Å². The van der Waals surface area contributed by atoms with Crippen LogP contribution in [0.5, 0.6) is 0 Å². The molecule has 1 aromatic rings. The number of aromatic nitrogens is 1. The molecule has 1 heterocycles. The summed E-state index contributed by atoms with van der Waals surface area (Å²) in [5, 5.41) is 8.84. The third kappa shape index (κ3) is 3.12. The summed E-state index contributed by atoms with van der Waals surface area (Å²) in [5.74, 6) is 1.52. The SMILES string of the molecule is CNc1cccc(NCC(=O)NC2CC2)n1. The van der Waals surface area contributed by atoms with E-state index < -0.39 is 0 Å². The molecule has 0 radical (unpaired) electrons. The van der Waals surface area contributed by atoms with Gasteiger partial charge in [-0.1, -0.05) is 6.07 Å². The zero-order valence-corrected chi connectivity index (χ0v) is 9.29. The maximum Gasteiger partial charge on any atom is 0.239 e. The van der Waals surface area contributed by atoms with Crippen molar-refractivity contribution < 1.29 is 4.79 Å². The van der Waals surface area contributed by atoms with Gasteiger partial charge in [-0.15, -0.1) is 0 Å². The predicted octanol–water partition coefficient (Wildman–Crippen LogP) is 0.814. The Hall–Kier alpha value is -1.78. The molecule has 1 aliphatic rings. The van der Waals surface area contributed by atoms with E-state index in [4.69, 9.17) is 0 Å². The summed E-state index contributed by atoms with van der Waals surface area (Å²) >= 11 is 0. The average Bonchev–Trinajstić information content (AvgIpc) is 3.10. The molecular weight excluding hydrogens is 204 g/mol. The first kappa shape index (κ1) is 10.7. The van der Waals surface area contributed by atoms with Crippen molar-refractivity contribution in [2.75, 3.05) is 24.2 Å². The molecule has 1 fully saturated rings. The Kier molecular flexibility index (Phi) is 3.24. The van der Waals surface area contributed by atoms with Crippen LogP contribution in [-0.2, 0) is 4.79 Å². The van der Waals surface area contributed by atoms with E-state index in [0.717, 1.165) is 18.7 Å². The van der Waals surface area contributed by atoms with E-state index in [1.54, 1.807) is 0 Å². The van der Waals surface area contributed by atoms with Crippen LogP contribution >= 0.6 is 0 Å². The summed E-state index contributed by atoms with van der Waals surface area (Å²) in [6, 6.07) is 6.01.